The topological polar surface area (TPSA) is 73.2 Å². The number of halogens is 1. The van der Waals surface area contributed by atoms with E-state index in [2.05, 4.69) is 10.4 Å². The summed E-state index contributed by atoms with van der Waals surface area (Å²) in [4.78, 5) is 24.0. The predicted molar refractivity (Wildman–Crippen MR) is 109 cm³/mol. The third-order valence-electron chi connectivity index (χ3n) is 4.17. The zero-order chi connectivity index (χ0) is 20.6. The number of benzene rings is 2. The average molecular weight is 393 g/mol. The van der Waals surface area contributed by atoms with Crippen LogP contribution in [0.15, 0.2) is 71.5 Å². The second-order valence-corrected chi connectivity index (χ2v) is 6.18. The van der Waals surface area contributed by atoms with Crippen molar-refractivity contribution in [1.82, 2.24) is 15.1 Å². The molecule has 148 valence electrons. The van der Waals surface area contributed by atoms with Crippen molar-refractivity contribution in [3.05, 3.63) is 88.5 Å². The fourth-order valence-corrected chi connectivity index (χ4v) is 2.61. The number of rotatable bonds is 7. The van der Waals surface area contributed by atoms with Crippen molar-refractivity contribution in [2.24, 2.45) is 0 Å². The molecule has 0 aliphatic carbocycles. The molecule has 0 atom stereocenters. The molecule has 7 heteroatoms. The van der Waals surface area contributed by atoms with Crippen LogP contribution in [-0.2, 0) is 11.3 Å². The first kappa shape index (κ1) is 20.0. The van der Waals surface area contributed by atoms with Crippen LogP contribution >= 0.6 is 0 Å². The Hall–Kier alpha value is -3.74. The highest BCUT2D eigenvalue weighted by atomic mass is 19.1. The third kappa shape index (κ3) is 5.62. The van der Waals surface area contributed by atoms with Crippen LogP contribution in [0.1, 0.15) is 5.56 Å². The highest BCUT2D eigenvalue weighted by Gasteiger charge is 2.05. The molecule has 1 N–H and O–H groups in total. The smallest absolute Gasteiger partial charge is 0.266 e. The van der Waals surface area contributed by atoms with E-state index in [0.29, 0.717) is 11.3 Å². The lowest BCUT2D eigenvalue weighted by atomic mass is 10.1. The molecule has 0 radical (unpaired) electrons. The maximum atomic E-state index is 12.9. The highest BCUT2D eigenvalue weighted by Crippen LogP contribution is 2.19. The zero-order valence-electron chi connectivity index (χ0n) is 15.8. The summed E-state index contributed by atoms with van der Waals surface area (Å²) in [5.74, 6) is 0.0913. The lowest BCUT2D eigenvalue weighted by Gasteiger charge is -2.08. The first-order valence-corrected chi connectivity index (χ1v) is 8.99. The molecule has 6 nitrogen and oxygen atoms in total. The van der Waals surface area contributed by atoms with Crippen LogP contribution in [0.5, 0.6) is 5.75 Å². The third-order valence-corrected chi connectivity index (χ3v) is 4.17. The molecule has 0 bridgehead atoms. The lowest BCUT2D eigenvalue weighted by Crippen LogP contribution is -2.31. The van der Waals surface area contributed by atoms with E-state index in [1.54, 1.807) is 31.4 Å². The minimum atomic E-state index is -0.332. The van der Waals surface area contributed by atoms with Crippen LogP contribution in [-0.4, -0.2) is 29.3 Å². The molecule has 0 unspecified atom stereocenters. The molecular weight excluding hydrogens is 373 g/mol. The van der Waals surface area contributed by atoms with Gasteiger partial charge >= 0.3 is 0 Å². The Morgan fingerprint density at radius 3 is 2.52 bits per heavy atom. The number of nitrogens with one attached hydrogen (secondary N) is 1. The number of carbonyl (C=O) groups is 1. The van der Waals surface area contributed by atoms with E-state index in [0.717, 1.165) is 11.3 Å². The zero-order valence-corrected chi connectivity index (χ0v) is 15.8. The molecule has 0 aliphatic heterocycles. The first-order chi connectivity index (χ1) is 14.0. The molecule has 0 fully saturated rings. The van der Waals surface area contributed by atoms with E-state index in [4.69, 9.17) is 4.74 Å². The summed E-state index contributed by atoms with van der Waals surface area (Å²) in [5, 5.41) is 7.05. The summed E-state index contributed by atoms with van der Waals surface area (Å²) < 4.78 is 19.3. The fraction of sp³-hybridized carbons (Fsp3) is 0.136. The normalized spacial score (nSPS) is 10.8. The van der Waals surface area contributed by atoms with Gasteiger partial charge in [-0.1, -0.05) is 12.1 Å². The summed E-state index contributed by atoms with van der Waals surface area (Å²) in [6, 6.07) is 16.3. The van der Waals surface area contributed by atoms with Gasteiger partial charge in [0.05, 0.1) is 19.3 Å². The fourth-order valence-electron chi connectivity index (χ4n) is 2.61. The maximum absolute atomic E-state index is 12.9. The van der Waals surface area contributed by atoms with E-state index < -0.39 is 0 Å². The molecule has 1 amide bonds. The molecule has 0 aliphatic rings. The Balaban J connectivity index is 1.59. The quantitative estimate of drug-likeness (QED) is 0.627. The van der Waals surface area contributed by atoms with Crippen molar-refractivity contribution in [1.29, 1.82) is 0 Å². The molecule has 3 rings (SSSR count). The van der Waals surface area contributed by atoms with Crippen molar-refractivity contribution in [3.63, 3.8) is 0 Å². The largest absolute Gasteiger partial charge is 0.497 e. The van der Waals surface area contributed by atoms with Crippen molar-refractivity contribution in [2.75, 3.05) is 13.7 Å². The van der Waals surface area contributed by atoms with Gasteiger partial charge in [-0.3, -0.25) is 9.59 Å². The van der Waals surface area contributed by atoms with E-state index in [1.165, 1.54) is 29.0 Å². The van der Waals surface area contributed by atoms with Gasteiger partial charge < -0.3 is 10.1 Å². The standard InChI is InChI=1S/C22H20FN3O3/c1-29-19-9-5-17(6-10-19)20-11-13-22(28)26(25-20)15-14-24-21(27)12-4-16-2-7-18(23)8-3-16/h2-13H,14-15H2,1H3,(H,24,27)/b12-4+. The van der Waals surface area contributed by atoms with Crippen LogP contribution in [0.3, 0.4) is 0 Å². The maximum Gasteiger partial charge on any atom is 0.266 e. The molecule has 29 heavy (non-hydrogen) atoms. The van der Waals surface area contributed by atoms with E-state index in [9.17, 15) is 14.0 Å². The average Bonchev–Trinajstić information content (AvgIpc) is 2.75. The number of hydrogen-bond acceptors (Lipinski definition) is 4. The van der Waals surface area contributed by atoms with Gasteiger partial charge in [-0.2, -0.15) is 5.10 Å². The molecule has 1 aromatic heterocycles. The second kappa shape index (κ2) is 9.45. The number of aromatic nitrogens is 2. The molecule has 0 saturated heterocycles. The number of methoxy groups -OCH3 is 1. The highest BCUT2D eigenvalue weighted by molar-refractivity contribution is 5.91. The molecular formula is C22H20FN3O3. The Bertz CT molecular complexity index is 1060. The van der Waals surface area contributed by atoms with Gasteiger partial charge in [-0.05, 0) is 54.1 Å². The van der Waals surface area contributed by atoms with Crippen molar-refractivity contribution < 1.29 is 13.9 Å². The Morgan fingerprint density at radius 1 is 1.10 bits per heavy atom. The predicted octanol–water partition coefficient (Wildman–Crippen LogP) is 2.89. The lowest BCUT2D eigenvalue weighted by molar-refractivity contribution is -0.116. The van der Waals surface area contributed by atoms with Crippen molar-refractivity contribution in [3.8, 4) is 17.0 Å². The number of ether oxygens (including phenoxy) is 1. The van der Waals surface area contributed by atoms with Crippen LogP contribution in [0.4, 0.5) is 4.39 Å². The van der Waals surface area contributed by atoms with Gasteiger partial charge in [0.15, 0.2) is 0 Å². The van der Waals surface area contributed by atoms with Crippen molar-refractivity contribution >= 4 is 12.0 Å². The summed E-state index contributed by atoms with van der Waals surface area (Å²) in [6.07, 6.45) is 2.95. The Labute approximate surface area is 167 Å². The van der Waals surface area contributed by atoms with Gasteiger partial charge in [0.25, 0.3) is 5.56 Å². The van der Waals surface area contributed by atoms with Gasteiger partial charge in [0, 0.05) is 24.3 Å². The minimum Gasteiger partial charge on any atom is -0.497 e. The van der Waals surface area contributed by atoms with Gasteiger partial charge in [0.1, 0.15) is 11.6 Å². The Kier molecular flexibility index (Phi) is 6.52. The van der Waals surface area contributed by atoms with Crippen LogP contribution < -0.4 is 15.6 Å². The Morgan fingerprint density at radius 2 is 1.83 bits per heavy atom. The molecule has 1 heterocycles. The monoisotopic (exact) mass is 393 g/mol. The summed E-state index contributed by atoms with van der Waals surface area (Å²) >= 11 is 0. The molecule has 0 spiro atoms. The molecule has 3 aromatic rings. The SMILES string of the molecule is COc1ccc(-c2ccc(=O)n(CCNC(=O)/C=C/c3ccc(F)cc3)n2)cc1. The summed E-state index contributed by atoms with van der Waals surface area (Å²) in [7, 11) is 1.59. The van der Waals surface area contributed by atoms with E-state index in [1.807, 2.05) is 24.3 Å². The van der Waals surface area contributed by atoms with Gasteiger partial charge in [0.2, 0.25) is 5.91 Å². The van der Waals surface area contributed by atoms with Crippen LogP contribution in [0, 0.1) is 5.82 Å². The summed E-state index contributed by atoms with van der Waals surface area (Å²) in [6.45, 7) is 0.477. The number of amides is 1. The molecule has 0 saturated carbocycles. The van der Waals surface area contributed by atoms with E-state index >= 15 is 0 Å². The first-order valence-electron chi connectivity index (χ1n) is 8.99. The van der Waals surface area contributed by atoms with Crippen LogP contribution in [0.25, 0.3) is 17.3 Å². The van der Waals surface area contributed by atoms with Gasteiger partial charge in [-0.15, -0.1) is 0 Å². The van der Waals surface area contributed by atoms with Crippen LogP contribution in [0.2, 0.25) is 0 Å². The molecule has 2 aromatic carbocycles. The minimum absolute atomic E-state index is 0.235. The van der Waals surface area contributed by atoms with Crippen molar-refractivity contribution in [2.45, 2.75) is 6.54 Å². The summed E-state index contributed by atoms with van der Waals surface area (Å²) in [5.41, 5.74) is 1.96. The van der Waals surface area contributed by atoms with E-state index in [-0.39, 0.29) is 30.4 Å². The number of nitrogens with zero attached hydrogens (tertiary/aromatic N) is 2. The number of hydrogen-bond donors (Lipinski definition) is 1. The number of carbonyl (C=O) groups excluding carboxylic acids is 1. The van der Waals surface area contributed by atoms with Gasteiger partial charge in [-0.25, -0.2) is 9.07 Å². The second-order valence-electron chi connectivity index (χ2n) is 6.18.